The van der Waals surface area contributed by atoms with Crippen LogP contribution in [0.3, 0.4) is 0 Å². The van der Waals surface area contributed by atoms with Gasteiger partial charge in [0.05, 0.1) is 26.1 Å². The molecule has 2 aromatic heterocycles. The Labute approximate surface area is 201 Å². The van der Waals surface area contributed by atoms with Gasteiger partial charge >= 0.3 is 0 Å². The molecule has 180 valence electrons. The number of anilines is 1. The highest BCUT2D eigenvalue weighted by Crippen LogP contribution is 2.21. The fourth-order valence-corrected chi connectivity index (χ4v) is 4.23. The number of fused-ring (bicyclic) bond motifs is 1. The first kappa shape index (κ1) is 22.5. The van der Waals surface area contributed by atoms with Crippen LogP contribution in [0.1, 0.15) is 0 Å². The summed E-state index contributed by atoms with van der Waals surface area (Å²) in [6.45, 7) is 2.56. The maximum atomic E-state index is 13.0. The Morgan fingerprint density at radius 3 is 2.09 bits per heavy atom. The van der Waals surface area contributed by atoms with E-state index in [1.807, 2.05) is 48.5 Å². The van der Waals surface area contributed by atoms with E-state index < -0.39 is 0 Å². The molecule has 0 unspecified atom stereocenters. The number of piperazine rings is 1. The van der Waals surface area contributed by atoms with E-state index >= 15 is 0 Å². The molecule has 0 atom stereocenters. The Morgan fingerprint density at radius 1 is 0.886 bits per heavy atom. The van der Waals surface area contributed by atoms with Crippen LogP contribution < -0.4 is 19.9 Å². The van der Waals surface area contributed by atoms with Crippen molar-refractivity contribution in [3.63, 3.8) is 0 Å². The van der Waals surface area contributed by atoms with Gasteiger partial charge in [0.25, 0.3) is 5.56 Å². The zero-order valence-corrected chi connectivity index (χ0v) is 19.6. The Bertz CT molecular complexity index is 1390. The van der Waals surface area contributed by atoms with E-state index in [-0.39, 0.29) is 18.0 Å². The number of carbonyl (C=O) groups is 1. The van der Waals surface area contributed by atoms with E-state index in [2.05, 4.69) is 15.0 Å². The van der Waals surface area contributed by atoms with Gasteiger partial charge < -0.3 is 19.3 Å². The van der Waals surface area contributed by atoms with Crippen molar-refractivity contribution in [2.75, 3.05) is 45.3 Å². The number of hydrogen-bond donors (Lipinski definition) is 0. The van der Waals surface area contributed by atoms with Gasteiger partial charge in [-0.05, 0) is 48.5 Å². The molecule has 0 bridgehead atoms. The van der Waals surface area contributed by atoms with E-state index in [1.165, 1.54) is 17.1 Å². The first-order valence-electron chi connectivity index (χ1n) is 11.3. The van der Waals surface area contributed by atoms with Crippen molar-refractivity contribution >= 4 is 22.6 Å². The van der Waals surface area contributed by atoms with Gasteiger partial charge in [-0.15, -0.1) is 0 Å². The lowest BCUT2D eigenvalue weighted by Gasteiger charge is -2.36. The lowest BCUT2D eigenvalue weighted by molar-refractivity contribution is -0.132. The van der Waals surface area contributed by atoms with Gasteiger partial charge in [-0.2, -0.15) is 5.10 Å². The predicted octanol–water partition coefficient (Wildman–Crippen LogP) is 1.95. The maximum Gasteiger partial charge on any atom is 0.264 e. The van der Waals surface area contributed by atoms with Crippen molar-refractivity contribution in [3.8, 4) is 17.2 Å². The standard InChI is InChI=1S/C25H26N6O4/c1-34-20-7-3-18(4-8-20)28-11-13-29(14-12-28)23(32)16-30-17-26-24-22(25(30)33)15-27-31(24)19-5-9-21(35-2)10-6-19/h3-10,15,17H,11-14,16H2,1-2H3. The summed E-state index contributed by atoms with van der Waals surface area (Å²) >= 11 is 0. The highest BCUT2D eigenvalue weighted by atomic mass is 16.5. The molecule has 0 N–H and O–H groups in total. The summed E-state index contributed by atoms with van der Waals surface area (Å²) in [7, 11) is 3.25. The minimum atomic E-state index is -0.292. The van der Waals surface area contributed by atoms with Crippen LogP contribution >= 0.6 is 0 Å². The number of amides is 1. The van der Waals surface area contributed by atoms with Gasteiger partial charge in [0.2, 0.25) is 5.91 Å². The quantitative estimate of drug-likeness (QED) is 0.422. The monoisotopic (exact) mass is 474 g/mol. The molecule has 35 heavy (non-hydrogen) atoms. The van der Waals surface area contributed by atoms with Gasteiger partial charge in [-0.3, -0.25) is 14.2 Å². The first-order valence-corrected chi connectivity index (χ1v) is 11.3. The molecule has 10 heteroatoms. The average Bonchev–Trinajstić information content (AvgIpc) is 3.35. The molecule has 4 aromatic rings. The molecule has 5 rings (SSSR count). The number of nitrogens with zero attached hydrogens (tertiary/aromatic N) is 6. The second kappa shape index (κ2) is 9.49. The normalized spacial score (nSPS) is 13.8. The molecular formula is C25H26N6O4. The Hall–Kier alpha value is -4.34. The summed E-state index contributed by atoms with van der Waals surface area (Å²) in [6, 6.07) is 15.2. The SMILES string of the molecule is COc1ccc(N2CCN(C(=O)Cn3cnc4c(cnn4-c4ccc(OC)cc4)c3=O)CC2)cc1. The highest BCUT2D eigenvalue weighted by Gasteiger charge is 2.22. The van der Waals surface area contributed by atoms with Crippen LogP contribution in [0.2, 0.25) is 0 Å². The molecule has 1 saturated heterocycles. The van der Waals surface area contributed by atoms with Gasteiger partial charge in [0.1, 0.15) is 29.8 Å². The lowest BCUT2D eigenvalue weighted by Crippen LogP contribution is -2.50. The molecule has 1 fully saturated rings. The van der Waals surface area contributed by atoms with Crippen LogP contribution in [0.5, 0.6) is 11.5 Å². The molecule has 3 heterocycles. The van der Waals surface area contributed by atoms with Crippen molar-refractivity contribution in [3.05, 3.63) is 71.4 Å². The van der Waals surface area contributed by atoms with Gasteiger partial charge in [-0.25, -0.2) is 9.67 Å². The zero-order chi connectivity index (χ0) is 24.4. The largest absolute Gasteiger partial charge is 0.497 e. The van der Waals surface area contributed by atoms with E-state index in [1.54, 1.807) is 23.8 Å². The molecule has 10 nitrogen and oxygen atoms in total. The maximum absolute atomic E-state index is 13.0. The molecule has 1 aliphatic heterocycles. The van der Waals surface area contributed by atoms with E-state index in [4.69, 9.17) is 9.47 Å². The van der Waals surface area contributed by atoms with Crippen LogP contribution in [0, 0.1) is 0 Å². The third-order valence-corrected chi connectivity index (χ3v) is 6.25. The average molecular weight is 475 g/mol. The van der Waals surface area contributed by atoms with Gasteiger partial charge in [-0.1, -0.05) is 0 Å². The lowest BCUT2D eigenvalue weighted by atomic mass is 10.2. The van der Waals surface area contributed by atoms with Crippen molar-refractivity contribution < 1.29 is 14.3 Å². The molecule has 1 aliphatic rings. The van der Waals surface area contributed by atoms with E-state index in [9.17, 15) is 9.59 Å². The summed E-state index contributed by atoms with van der Waals surface area (Å²) in [5.74, 6) is 1.43. The van der Waals surface area contributed by atoms with E-state index in [0.717, 1.165) is 36.0 Å². The third-order valence-electron chi connectivity index (χ3n) is 6.25. The Morgan fingerprint density at radius 2 is 1.49 bits per heavy atom. The molecule has 0 aliphatic carbocycles. The molecular weight excluding hydrogens is 448 g/mol. The summed E-state index contributed by atoms with van der Waals surface area (Å²) in [6.07, 6.45) is 2.90. The van der Waals surface area contributed by atoms with Crippen LogP contribution in [0.15, 0.2) is 65.8 Å². The number of aromatic nitrogens is 4. The van der Waals surface area contributed by atoms with Crippen LogP contribution in [-0.4, -0.2) is 70.5 Å². The summed E-state index contributed by atoms with van der Waals surface area (Å²) in [5, 5.41) is 4.69. The first-order chi connectivity index (χ1) is 17.1. The highest BCUT2D eigenvalue weighted by molar-refractivity contribution is 5.78. The Kier molecular flexibility index (Phi) is 6.09. The third kappa shape index (κ3) is 4.42. The molecule has 1 amide bonds. The molecule has 0 radical (unpaired) electrons. The second-order valence-corrected chi connectivity index (χ2v) is 8.24. The van der Waals surface area contributed by atoms with Gasteiger partial charge in [0.15, 0.2) is 5.65 Å². The topological polar surface area (TPSA) is 94.7 Å². The van der Waals surface area contributed by atoms with Gasteiger partial charge in [0, 0.05) is 31.9 Å². The molecule has 0 saturated carbocycles. The number of rotatable bonds is 6. The fourth-order valence-electron chi connectivity index (χ4n) is 4.23. The summed E-state index contributed by atoms with van der Waals surface area (Å²) in [5.41, 5.74) is 2.01. The summed E-state index contributed by atoms with van der Waals surface area (Å²) in [4.78, 5) is 34.4. The van der Waals surface area contributed by atoms with Crippen molar-refractivity contribution in [1.29, 1.82) is 0 Å². The van der Waals surface area contributed by atoms with Crippen LogP contribution in [0.4, 0.5) is 5.69 Å². The number of benzene rings is 2. The minimum Gasteiger partial charge on any atom is -0.497 e. The number of hydrogen-bond acceptors (Lipinski definition) is 7. The van der Waals surface area contributed by atoms with Crippen LogP contribution in [0.25, 0.3) is 16.7 Å². The predicted molar refractivity (Wildman–Crippen MR) is 131 cm³/mol. The smallest absolute Gasteiger partial charge is 0.264 e. The Balaban J connectivity index is 1.26. The number of carbonyl (C=O) groups excluding carboxylic acids is 1. The molecule has 0 spiro atoms. The summed E-state index contributed by atoms with van der Waals surface area (Å²) < 4.78 is 13.4. The van der Waals surface area contributed by atoms with Crippen LogP contribution in [-0.2, 0) is 11.3 Å². The van der Waals surface area contributed by atoms with Crippen molar-refractivity contribution in [2.45, 2.75) is 6.54 Å². The van der Waals surface area contributed by atoms with Crippen molar-refractivity contribution in [2.24, 2.45) is 0 Å². The molecule has 2 aromatic carbocycles. The minimum absolute atomic E-state index is 0.0575. The second-order valence-electron chi connectivity index (χ2n) is 8.24. The fraction of sp³-hybridized carbons (Fsp3) is 0.280. The van der Waals surface area contributed by atoms with E-state index in [0.29, 0.717) is 24.1 Å². The zero-order valence-electron chi connectivity index (χ0n) is 19.6. The number of ether oxygens (including phenoxy) is 2. The number of methoxy groups -OCH3 is 2. The van der Waals surface area contributed by atoms with Crippen molar-refractivity contribution in [1.82, 2.24) is 24.2 Å².